The molecule has 5 heteroatoms. The molecule has 1 aliphatic carbocycles. The molecule has 0 fully saturated rings. The van der Waals surface area contributed by atoms with Crippen LogP contribution in [0.3, 0.4) is 0 Å². The van der Waals surface area contributed by atoms with E-state index in [0.717, 1.165) is 35.2 Å². The van der Waals surface area contributed by atoms with Crippen LogP contribution in [-0.4, -0.2) is 21.5 Å². The standard InChI is InChI=1S/C17H18N2O3/c1-11-9-19(14-3-2-4-15(20)16(11)14)10-12-5-7-13(8-6-12)17(21)18-22/h5-9,22H,2-4,10H2,1H3,(H,18,21). The first-order chi connectivity index (χ1) is 10.6. The largest absolute Gasteiger partial charge is 0.346 e. The molecule has 1 amide bonds. The maximum absolute atomic E-state index is 12.0. The van der Waals surface area contributed by atoms with E-state index in [-0.39, 0.29) is 5.78 Å². The molecule has 5 nitrogen and oxygen atoms in total. The molecule has 0 unspecified atom stereocenters. The Labute approximate surface area is 128 Å². The van der Waals surface area contributed by atoms with Crippen LogP contribution in [0.1, 0.15) is 50.4 Å². The van der Waals surface area contributed by atoms with Gasteiger partial charge in [0.15, 0.2) is 5.78 Å². The molecule has 1 aromatic carbocycles. The Bertz CT molecular complexity index is 729. The quantitative estimate of drug-likeness (QED) is 0.675. The van der Waals surface area contributed by atoms with Crippen LogP contribution in [0.5, 0.6) is 0 Å². The first kappa shape index (κ1) is 14.5. The van der Waals surface area contributed by atoms with Crippen molar-refractivity contribution in [3.8, 4) is 0 Å². The number of nitrogens with one attached hydrogen (secondary N) is 1. The highest BCUT2D eigenvalue weighted by molar-refractivity contribution is 5.99. The Morgan fingerprint density at radius 1 is 1.27 bits per heavy atom. The van der Waals surface area contributed by atoms with Crippen molar-refractivity contribution in [3.63, 3.8) is 0 Å². The molecular weight excluding hydrogens is 280 g/mol. The highest BCUT2D eigenvalue weighted by Gasteiger charge is 2.23. The summed E-state index contributed by atoms with van der Waals surface area (Å²) in [6, 6.07) is 7.07. The van der Waals surface area contributed by atoms with Crippen molar-refractivity contribution in [1.29, 1.82) is 0 Å². The average Bonchev–Trinajstić information content (AvgIpc) is 2.85. The van der Waals surface area contributed by atoms with Crippen LogP contribution in [0, 0.1) is 6.92 Å². The lowest BCUT2D eigenvalue weighted by Crippen LogP contribution is -2.18. The first-order valence-electron chi connectivity index (χ1n) is 7.35. The van der Waals surface area contributed by atoms with E-state index in [9.17, 15) is 9.59 Å². The lowest BCUT2D eigenvalue weighted by Gasteiger charge is -2.15. The molecule has 2 N–H and O–H groups in total. The van der Waals surface area contributed by atoms with Gasteiger partial charge in [0.1, 0.15) is 0 Å². The second-order valence-electron chi connectivity index (χ2n) is 5.68. The highest BCUT2D eigenvalue weighted by Crippen LogP contribution is 2.26. The van der Waals surface area contributed by atoms with Gasteiger partial charge in [0.2, 0.25) is 0 Å². The van der Waals surface area contributed by atoms with Crippen LogP contribution in [0.4, 0.5) is 0 Å². The second kappa shape index (κ2) is 5.77. The summed E-state index contributed by atoms with van der Waals surface area (Å²) in [5.74, 6) is -0.279. The smallest absolute Gasteiger partial charge is 0.274 e. The number of hydrogen-bond acceptors (Lipinski definition) is 3. The third-order valence-corrected chi connectivity index (χ3v) is 4.15. The number of Topliss-reactive ketones (excluding diaryl/α,β-unsaturated/α-hetero) is 1. The van der Waals surface area contributed by atoms with Crippen LogP contribution in [0.25, 0.3) is 0 Å². The Morgan fingerprint density at radius 3 is 2.68 bits per heavy atom. The lowest BCUT2D eigenvalue weighted by atomic mass is 9.94. The van der Waals surface area contributed by atoms with Crippen molar-refractivity contribution in [2.24, 2.45) is 0 Å². The summed E-state index contributed by atoms with van der Waals surface area (Å²) in [7, 11) is 0. The van der Waals surface area contributed by atoms with Crippen LogP contribution < -0.4 is 5.48 Å². The zero-order chi connectivity index (χ0) is 15.7. The molecular formula is C17H18N2O3. The minimum absolute atomic E-state index is 0.243. The number of fused-ring (bicyclic) bond motifs is 1. The van der Waals surface area contributed by atoms with Crippen molar-refractivity contribution in [1.82, 2.24) is 10.0 Å². The molecule has 114 valence electrons. The molecule has 0 aliphatic heterocycles. The summed E-state index contributed by atoms with van der Waals surface area (Å²) in [4.78, 5) is 23.4. The van der Waals surface area contributed by atoms with E-state index in [0.29, 0.717) is 18.5 Å². The van der Waals surface area contributed by atoms with Gasteiger partial charge in [0.25, 0.3) is 5.91 Å². The number of carbonyl (C=O) groups is 2. The molecule has 0 radical (unpaired) electrons. The molecule has 0 saturated heterocycles. The van der Waals surface area contributed by atoms with E-state index in [2.05, 4.69) is 4.57 Å². The number of benzene rings is 1. The fourth-order valence-corrected chi connectivity index (χ4v) is 3.10. The summed E-state index contributed by atoms with van der Waals surface area (Å²) in [6.07, 6.45) is 4.51. The fraction of sp³-hybridized carbons (Fsp3) is 0.294. The minimum Gasteiger partial charge on any atom is -0.346 e. The molecule has 0 spiro atoms. The molecule has 1 heterocycles. The number of aryl methyl sites for hydroxylation is 1. The molecule has 3 rings (SSSR count). The van der Waals surface area contributed by atoms with E-state index >= 15 is 0 Å². The van der Waals surface area contributed by atoms with Gasteiger partial charge in [-0.05, 0) is 43.0 Å². The van der Waals surface area contributed by atoms with E-state index in [1.165, 1.54) is 0 Å². The third kappa shape index (κ3) is 2.55. The van der Waals surface area contributed by atoms with Gasteiger partial charge in [-0.15, -0.1) is 0 Å². The summed E-state index contributed by atoms with van der Waals surface area (Å²) in [6.45, 7) is 2.65. The molecule has 1 aliphatic rings. The normalized spacial score (nSPS) is 13.8. The fourth-order valence-electron chi connectivity index (χ4n) is 3.10. The van der Waals surface area contributed by atoms with Crippen molar-refractivity contribution in [2.75, 3.05) is 0 Å². The van der Waals surface area contributed by atoms with Gasteiger partial charge in [-0.2, -0.15) is 0 Å². The van der Waals surface area contributed by atoms with Gasteiger partial charge in [0, 0.05) is 36.0 Å². The molecule has 0 saturated carbocycles. The monoisotopic (exact) mass is 298 g/mol. The topological polar surface area (TPSA) is 71.3 Å². The number of nitrogens with zero attached hydrogens (tertiary/aromatic N) is 1. The molecule has 22 heavy (non-hydrogen) atoms. The number of aromatic nitrogens is 1. The van der Waals surface area contributed by atoms with Gasteiger partial charge in [0.05, 0.1) is 0 Å². The number of ketones is 1. The average molecular weight is 298 g/mol. The Hall–Kier alpha value is -2.40. The summed E-state index contributed by atoms with van der Waals surface area (Å²) >= 11 is 0. The second-order valence-corrected chi connectivity index (χ2v) is 5.68. The number of hydroxylamine groups is 1. The van der Waals surface area contributed by atoms with Crippen molar-refractivity contribution in [2.45, 2.75) is 32.7 Å². The van der Waals surface area contributed by atoms with Crippen LogP contribution >= 0.6 is 0 Å². The van der Waals surface area contributed by atoms with Crippen molar-refractivity contribution < 1.29 is 14.8 Å². The summed E-state index contributed by atoms with van der Waals surface area (Å²) < 4.78 is 2.13. The van der Waals surface area contributed by atoms with Gasteiger partial charge in [-0.1, -0.05) is 12.1 Å². The summed E-state index contributed by atoms with van der Waals surface area (Å²) in [5.41, 5.74) is 6.12. The van der Waals surface area contributed by atoms with E-state index in [1.807, 2.05) is 25.3 Å². The number of amides is 1. The third-order valence-electron chi connectivity index (χ3n) is 4.15. The van der Waals surface area contributed by atoms with Crippen LogP contribution in [0.2, 0.25) is 0 Å². The maximum atomic E-state index is 12.0. The number of carbonyl (C=O) groups excluding carboxylic acids is 2. The van der Waals surface area contributed by atoms with Gasteiger partial charge >= 0.3 is 0 Å². The Balaban J connectivity index is 1.86. The molecule has 1 aromatic heterocycles. The SMILES string of the molecule is Cc1cn(Cc2ccc(C(=O)NO)cc2)c2c1C(=O)CCC2. The van der Waals surface area contributed by atoms with Gasteiger partial charge in [-0.25, -0.2) is 5.48 Å². The van der Waals surface area contributed by atoms with E-state index in [1.54, 1.807) is 17.6 Å². The van der Waals surface area contributed by atoms with Crippen molar-refractivity contribution >= 4 is 11.7 Å². The zero-order valence-electron chi connectivity index (χ0n) is 12.4. The highest BCUT2D eigenvalue weighted by atomic mass is 16.5. The van der Waals surface area contributed by atoms with Crippen LogP contribution in [-0.2, 0) is 13.0 Å². The number of rotatable bonds is 3. The van der Waals surface area contributed by atoms with E-state index < -0.39 is 5.91 Å². The lowest BCUT2D eigenvalue weighted by molar-refractivity contribution is 0.0706. The van der Waals surface area contributed by atoms with E-state index in [4.69, 9.17) is 5.21 Å². The molecule has 0 atom stereocenters. The first-order valence-corrected chi connectivity index (χ1v) is 7.35. The maximum Gasteiger partial charge on any atom is 0.274 e. The van der Waals surface area contributed by atoms with Crippen LogP contribution in [0.15, 0.2) is 30.5 Å². The van der Waals surface area contributed by atoms with Gasteiger partial charge < -0.3 is 4.57 Å². The molecule has 2 aromatic rings. The van der Waals surface area contributed by atoms with Gasteiger partial charge in [-0.3, -0.25) is 14.8 Å². The Kier molecular flexibility index (Phi) is 3.81. The Morgan fingerprint density at radius 2 is 2.00 bits per heavy atom. The minimum atomic E-state index is -0.522. The van der Waals surface area contributed by atoms with Crippen molar-refractivity contribution in [3.05, 3.63) is 58.4 Å². The predicted molar refractivity (Wildman–Crippen MR) is 81.2 cm³/mol. The molecule has 0 bridgehead atoms. The number of hydrogen-bond donors (Lipinski definition) is 2. The zero-order valence-corrected chi connectivity index (χ0v) is 12.4. The predicted octanol–water partition coefficient (Wildman–Crippen LogP) is 2.48. The summed E-state index contributed by atoms with van der Waals surface area (Å²) in [5, 5.41) is 8.62.